The lowest BCUT2D eigenvalue weighted by molar-refractivity contribution is -0.141. The highest BCUT2D eigenvalue weighted by Crippen LogP contribution is 2.23. The summed E-state index contributed by atoms with van der Waals surface area (Å²) in [5.74, 6) is -0.309. The highest BCUT2D eigenvalue weighted by atomic mass is 32.2. The molecular weight excluding hydrogens is 444 g/mol. The minimum absolute atomic E-state index is 0.00368. The minimum atomic E-state index is -3.84. The van der Waals surface area contributed by atoms with Crippen LogP contribution in [0.4, 0.5) is 5.69 Å². The van der Waals surface area contributed by atoms with E-state index < -0.39 is 22.1 Å². The largest absolute Gasteiger partial charge is 0.497 e. The van der Waals surface area contributed by atoms with E-state index in [9.17, 15) is 18.0 Å². The molecule has 1 aliphatic carbocycles. The molecule has 1 aliphatic rings. The van der Waals surface area contributed by atoms with Gasteiger partial charge in [-0.1, -0.05) is 19.3 Å². The molecule has 0 bridgehead atoms. The zero-order valence-electron chi connectivity index (χ0n) is 19.1. The molecule has 3 rings (SSSR count). The van der Waals surface area contributed by atoms with Crippen molar-refractivity contribution in [2.45, 2.75) is 56.1 Å². The van der Waals surface area contributed by atoms with Crippen molar-refractivity contribution in [2.24, 2.45) is 0 Å². The lowest BCUT2D eigenvalue weighted by Crippen LogP contribution is -2.44. The molecule has 0 aliphatic heterocycles. The van der Waals surface area contributed by atoms with Crippen molar-refractivity contribution in [3.05, 3.63) is 54.1 Å². The van der Waals surface area contributed by atoms with E-state index in [1.807, 2.05) is 0 Å². The van der Waals surface area contributed by atoms with Gasteiger partial charge in [0.15, 0.2) is 6.10 Å². The summed E-state index contributed by atoms with van der Waals surface area (Å²) in [6, 6.07) is 12.0. The van der Waals surface area contributed by atoms with Gasteiger partial charge < -0.3 is 14.4 Å². The summed E-state index contributed by atoms with van der Waals surface area (Å²) in [7, 11) is -0.566. The summed E-state index contributed by atoms with van der Waals surface area (Å²) in [4.78, 5) is 26.8. The summed E-state index contributed by atoms with van der Waals surface area (Å²) in [6.07, 6.45) is 4.37. The number of hydrogen-bond donors (Lipinski definition) is 1. The number of nitrogens with one attached hydrogen (secondary N) is 1. The number of rotatable bonds is 8. The number of ether oxygens (including phenoxy) is 2. The molecule has 0 radical (unpaired) electrons. The zero-order chi connectivity index (χ0) is 24.0. The number of nitrogens with zero attached hydrogens (tertiary/aromatic N) is 1. The maximum absolute atomic E-state index is 12.7. The molecule has 178 valence electrons. The highest BCUT2D eigenvalue weighted by Gasteiger charge is 2.28. The smallest absolute Gasteiger partial charge is 0.338 e. The first-order valence-corrected chi connectivity index (χ1v) is 12.4. The van der Waals surface area contributed by atoms with Crippen molar-refractivity contribution in [3.63, 3.8) is 0 Å². The number of anilines is 1. The highest BCUT2D eigenvalue weighted by molar-refractivity contribution is 7.92. The van der Waals surface area contributed by atoms with Crippen molar-refractivity contribution in [1.29, 1.82) is 0 Å². The Labute approximate surface area is 194 Å². The molecule has 0 spiro atoms. The Hall–Kier alpha value is -3.07. The van der Waals surface area contributed by atoms with E-state index in [0.29, 0.717) is 11.4 Å². The summed E-state index contributed by atoms with van der Waals surface area (Å²) in [5, 5.41) is 0. The first-order valence-electron chi connectivity index (χ1n) is 11.0. The molecule has 1 fully saturated rings. The number of methoxy groups -OCH3 is 1. The average molecular weight is 475 g/mol. The van der Waals surface area contributed by atoms with Crippen LogP contribution in [0, 0.1) is 0 Å². The number of benzene rings is 2. The SMILES string of the molecule is COc1ccc(NS(=O)(=O)c2ccc(C(=O)O[C@H](C)C(=O)N(C)C3CCCCC3)cc2)cc1. The Morgan fingerprint density at radius 2 is 1.61 bits per heavy atom. The maximum Gasteiger partial charge on any atom is 0.338 e. The van der Waals surface area contributed by atoms with Crippen LogP contribution in [0.15, 0.2) is 53.4 Å². The Balaban J connectivity index is 1.61. The molecule has 1 N–H and O–H groups in total. The fourth-order valence-electron chi connectivity index (χ4n) is 3.86. The second kappa shape index (κ2) is 10.7. The van der Waals surface area contributed by atoms with Crippen molar-refractivity contribution < 1.29 is 27.5 Å². The summed E-state index contributed by atoms with van der Waals surface area (Å²) in [6.45, 7) is 1.55. The number of hydrogen-bond acceptors (Lipinski definition) is 6. The first kappa shape index (κ1) is 24.6. The van der Waals surface area contributed by atoms with Crippen LogP contribution in [0.1, 0.15) is 49.4 Å². The number of amides is 1. The molecule has 33 heavy (non-hydrogen) atoms. The van der Waals surface area contributed by atoms with Crippen LogP contribution >= 0.6 is 0 Å². The lowest BCUT2D eigenvalue weighted by Gasteiger charge is -2.32. The van der Waals surface area contributed by atoms with E-state index in [4.69, 9.17) is 9.47 Å². The third-order valence-electron chi connectivity index (χ3n) is 5.84. The number of carbonyl (C=O) groups excluding carboxylic acids is 2. The van der Waals surface area contributed by atoms with Crippen molar-refractivity contribution >= 4 is 27.6 Å². The third-order valence-corrected chi connectivity index (χ3v) is 7.24. The summed E-state index contributed by atoms with van der Waals surface area (Å²) < 4.78 is 38.1. The Morgan fingerprint density at radius 3 is 2.18 bits per heavy atom. The third kappa shape index (κ3) is 6.25. The van der Waals surface area contributed by atoms with Crippen LogP contribution in [0.5, 0.6) is 5.75 Å². The van der Waals surface area contributed by atoms with Crippen LogP contribution in [-0.2, 0) is 19.6 Å². The van der Waals surface area contributed by atoms with Gasteiger partial charge in [-0.15, -0.1) is 0 Å². The van der Waals surface area contributed by atoms with Gasteiger partial charge in [0.05, 0.1) is 17.6 Å². The maximum atomic E-state index is 12.7. The lowest BCUT2D eigenvalue weighted by atomic mass is 9.94. The molecule has 2 aromatic rings. The van der Waals surface area contributed by atoms with Gasteiger partial charge >= 0.3 is 5.97 Å². The van der Waals surface area contributed by atoms with E-state index in [0.717, 1.165) is 25.7 Å². The van der Waals surface area contributed by atoms with E-state index in [-0.39, 0.29) is 22.4 Å². The van der Waals surface area contributed by atoms with Crippen LogP contribution in [0.25, 0.3) is 0 Å². The van der Waals surface area contributed by atoms with Gasteiger partial charge in [-0.25, -0.2) is 13.2 Å². The Morgan fingerprint density at radius 1 is 1.00 bits per heavy atom. The molecule has 0 saturated heterocycles. The van der Waals surface area contributed by atoms with Gasteiger partial charge in [-0.05, 0) is 68.3 Å². The summed E-state index contributed by atoms with van der Waals surface area (Å²) >= 11 is 0. The Bertz CT molecular complexity index is 1060. The molecular formula is C24H30N2O6S. The normalized spacial score (nSPS) is 15.4. The fourth-order valence-corrected chi connectivity index (χ4v) is 4.92. The van der Waals surface area contributed by atoms with E-state index in [1.165, 1.54) is 37.8 Å². The molecule has 1 atom stereocenters. The number of likely N-dealkylation sites (N-methyl/N-ethyl adjacent to an activating group) is 1. The van der Waals surface area contributed by atoms with E-state index >= 15 is 0 Å². The van der Waals surface area contributed by atoms with E-state index in [2.05, 4.69) is 4.72 Å². The van der Waals surface area contributed by atoms with Gasteiger partial charge in [0.2, 0.25) is 0 Å². The molecule has 0 heterocycles. The van der Waals surface area contributed by atoms with Crippen molar-refractivity contribution in [1.82, 2.24) is 4.90 Å². The van der Waals surface area contributed by atoms with E-state index in [1.54, 1.807) is 43.1 Å². The molecule has 2 aromatic carbocycles. The Kier molecular flexibility index (Phi) is 7.97. The predicted molar refractivity (Wildman–Crippen MR) is 125 cm³/mol. The van der Waals surface area contributed by atoms with Crippen LogP contribution < -0.4 is 9.46 Å². The monoisotopic (exact) mass is 474 g/mol. The molecule has 0 unspecified atom stereocenters. The van der Waals surface area contributed by atoms with Gasteiger partial charge in [-0.3, -0.25) is 9.52 Å². The quantitative estimate of drug-likeness (QED) is 0.584. The number of sulfonamides is 1. The van der Waals surface area contributed by atoms with Gasteiger partial charge in [0.25, 0.3) is 15.9 Å². The van der Waals surface area contributed by atoms with Gasteiger partial charge in [0, 0.05) is 18.8 Å². The van der Waals surface area contributed by atoms with Crippen molar-refractivity contribution in [3.8, 4) is 5.75 Å². The van der Waals surface area contributed by atoms with Crippen LogP contribution in [0.2, 0.25) is 0 Å². The molecule has 8 nitrogen and oxygen atoms in total. The minimum Gasteiger partial charge on any atom is -0.497 e. The van der Waals surface area contributed by atoms with Gasteiger partial charge in [0.1, 0.15) is 5.75 Å². The molecule has 0 aromatic heterocycles. The standard InChI is InChI=1S/C24H30N2O6S/c1-17(23(27)26(2)20-7-5-4-6-8-20)32-24(28)18-9-15-22(16-10-18)33(29,30)25-19-11-13-21(31-3)14-12-19/h9-17,20,25H,4-8H2,1-3H3/t17-/m1/s1. The fraction of sp³-hybridized carbons (Fsp3) is 0.417. The first-order chi connectivity index (χ1) is 15.7. The number of carbonyl (C=O) groups is 2. The van der Waals surface area contributed by atoms with Crippen LogP contribution in [0.3, 0.4) is 0 Å². The second-order valence-corrected chi connectivity index (χ2v) is 9.83. The van der Waals surface area contributed by atoms with Crippen LogP contribution in [-0.4, -0.2) is 51.5 Å². The predicted octanol–water partition coefficient (Wildman–Crippen LogP) is 3.83. The number of esters is 1. The van der Waals surface area contributed by atoms with Gasteiger partial charge in [-0.2, -0.15) is 0 Å². The second-order valence-electron chi connectivity index (χ2n) is 8.15. The summed E-state index contributed by atoms with van der Waals surface area (Å²) in [5.41, 5.74) is 0.548. The topological polar surface area (TPSA) is 102 Å². The molecule has 1 amide bonds. The molecule has 1 saturated carbocycles. The average Bonchev–Trinajstić information content (AvgIpc) is 2.84. The van der Waals surface area contributed by atoms with Crippen molar-refractivity contribution in [2.75, 3.05) is 18.9 Å². The zero-order valence-corrected chi connectivity index (χ0v) is 19.9. The molecule has 9 heteroatoms.